The van der Waals surface area contributed by atoms with Crippen LogP contribution in [0.1, 0.15) is 64.0 Å². The van der Waals surface area contributed by atoms with Gasteiger partial charge in [-0.3, -0.25) is 0 Å². The van der Waals surface area contributed by atoms with Crippen LogP contribution in [0.3, 0.4) is 0 Å². The quantitative estimate of drug-likeness (QED) is 0.638. The standard InChI is InChI=1S/C17H24Cl2FN/c1-3-17(12-7-5-4-6-8-12)21-11(2)13-9-16(20)15(19)10-14(13)18/h9-12,17,21H,3-8H2,1-2H3. The van der Waals surface area contributed by atoms with E-state index >= 15 is 0 Å². The summed E-state index contributed by atoms with van der Waals surface area (Å²) in [6.07, 6.45) is 7.68. The molecule has 0 heterocycles. The first-order valence-electron chi connectivity index (χ1n) is 7.93. The zero-order valence-electron chi connectivity index (χ0n) is 12.8. The number of rotatable bonds is 5. The lowest BCUT2D eigenvalue weighted by Gasteiger charge is -2.33. The second-order valence-corrected chi connectivity index (χ2v) is 6.90. The molecular formula is C17H24Cl2FN. The fraction of sp³-hybridized carbons (Fsp3) is 0.647. The zero-order chi connectivity index (χ0) is 15.4. The number of nitrogens with one attached hydrogen (secondary N) is 1. The number of hydrogen-bond donors (Lipinski definition) is 1. The molecule has 1 saturated carbocycles. The average molecular weight is 332 g/mol. The third kappa shape index (κ3) is 4.34. The van der Waals surface area contributed by atoms with Gasteiger partial charge in [0.15, 0.2) is 0 Å². The van der Waals surface area contributed by atoms with Crippen LogP contribution in [0.15, 0.2) is 12.1 Å². The molecule has 1 nitrogen and oxygen atoms in total. The molecule has 1 fully saturated rings. The smallest absolute Gasteiger partial charge is 0.142 e. The van der Waals surface area contributed by atoms with Crippen LogP contribution in [-0.2, 0) is 0 Å². The summed E-state index contributed by atoms with van der Waals surface area (Å²) in [7, 11) is 0. The molecule has 2 atom stereocenters. The van der Waals surface area contributed by atoms with E-state index in [0.29, 0.717) is 11.1 Å². The fourth-order valence-corrected chi connectivity index (χ4v) is 3.95. The maximum absolute atomic E-state index is 13.7. The van der Waals surface area contributed by atoms with Crippen LogP contribution in [-0.4, -0.2) is 6.04 Å². The Kier molecular flexibility index (Phi) is 6.34. The van der Waals surface area contributed by atoms with Crippen LogP contribution < -0.4 is 5.32 Å². The van der Waals surface area contributed by atoms with Crippen LogP contribution in [0.2, 0.25) is 10.0 Å². The Balaban J connectivity index is 2.08. The van der Waals surface area contributed by atoms with Gasteiger partial charge in [-0.15, -0.1) is 0 Å². The summed E-state index contributed by atoms with van der Waals surface area (Å²) < 4.78 is 13.7. The van der Waals surface area contributed by atoms with Crippen molar-refractivity contribution in [2.45, 2.75) is 64.5 Å². The lowest BCUT2D eigenvalue weighted by atomic mass is 9.82. The highest BCUT2D eigenvalue weighted by Crippen LogP contribution is 2.32. The van der Waals surface area contributed by atoms with Crippen LogP contribution >= 0.6 is 23.2 Å². The van der Waals surface area contributed by atoms with E-state index in [4.69, 9.17) is 23.2 Å². The minimum Gasteiger partial charge on any atom is -0.307 e. The summed E-state index contributed by atoms with van der Waals surface area (Å²) in [5, 5.41) is 4.25. The summed E-state index contributed by atoms with van der Waals surface area (Å²) in [6.45, 7) is 4.25. The molecule has 0 saturated heterocycles. The Morgan fingerprint density at radius 1 is 1.19 bits per heavy atom. The second kappa shape index (κ2) is 7.80. The van der Waals surface area contributed by atoms with Gasteiger partial charge in [0, 0.05) is 17.1 Å². The van der Waals surface area contributed by atoms with Gasteiger partial charge in [-0.2, -0.15) is 0 Å². The Hall–Kier alpha value is -0.310. The molecule has 2 rings (SSSR count). The predicted octanol–water partition coefficient (Wildman–Crippen LogP) is 6.14. The molecule has 0 aliphatic heterocycles. The maximum atomic E-state index is 13.7. The zero-order valence-corrected chi connectivity index (χ0v) is 14.3. The van der Waals surface area contributed by atoms with Crippen molar-refractivity contribution >= 4 is 23.2 Å². The van der Waals surface area contributed by atoms with Gasteiger partial charge in [0.1, 0.15) is 5.82 Å². The fourth-order valence-electron chi connectivity index (χ4n) is 3.40. The number of benzene rings is 1. The highest BCUT2D eigenvalue weighted by atomic mass is 35.5. The Bertz CT molecular complexity index is 472. The third-order valence-electron chi connectivity index (χ3n) is 4.63. The highest BCUT2D eigenvalue weighted by molar-refractivity contribution is 6.35. The highest BCUT2D eigenvalue weighted by Gasteiger charge is 2.24. The van der Waals surface area contributed by atoms with Gasteiger partial charge < -0.3 is 5.32 Å². The monoisotopic (exact) mass is 331 g/mol. The Morgan fingerprint density at radius 2 is 1.86 bits per heavy atom. The second-order valence-electron chi connectivity index (χ2n) is 6.09. The van der Waals surface area contributed by atoms with Gasteiger partial charge >= 0.3 is 0 Å². The molecule has 1 N–H and O–H groups in total. The Morgan fingerprint density at radius 3 is 2.48 bits per heavy atom. The van der Waals surface area contributed by atoms with Gasteiger partial charge in [-0.25, -0.2) is 4.39 Å². The lowest BCUT2D eigenvalue weighted by Crippen LogP contribution is -2.38. The van der Waals surface area contributed by atoms with Crippen molar-refractivity contribution in [2.75, 3.05) is 0 Å². The first-order valence-corrected chi connectivity index (χ1v) is 8.69. The van der Waals surface area contributed by atoms with Gasteiger partial charge in [0.25, 0.3) is 0 Å². The molecule has 1 aromatic rings. The van der Waals surface area contributed by atoms with Crippen LogP contribution in [0.25, 0.3) is 0 Å². The lowest BCUT2D eigenvalue weighted by molar-refractivity contribution is 0.249. The van der Waals surface area contributed by atoms with Crippen molar-refractivity contribution < 1.29 is 4.39 Å². The van der Waals surface area contributed by atoms with E-state index in [1.165, 1.54) is 44.2 Å². The summed E-state index contributed by atoms with van der Waals surface area (Å²) in [6, 6.07) is 3.44. The number of hydrogen-bond acceptors (Lipinski definition) is 1. The van der Waals surface area contributed by atoms with E-state index in [9.17, 15) is 4.39 Å². The summed E-state index contributed by atoms with van der Waals surface area (Å²) in [4.78, 5) is 0. The Labute approximate surface area is 137 Å². The molecule has 0 spiro atoms. The molecular weight excluding hydrogens is 308 g/mol. The van der Waals surface area contributed by atoms with Gasteiger partial charge in [-0.1, -0.05) is 49.4 Å². The van der Waals surface area contributed by atoms with E-state index in [1.54, 1.807) is 0 Å². The molecule has 118 valence electrons. The first kappa shape index (κ1) is 17.1. The summed E-state index contributed by atoms with van der Waals surface area (Å²) in [5.74, 6) is 0.317. The van der Waals surface area contributed by atoms with E-state index in [-0.39, 0.29) is 11.1 Å². The summed E-state index contributed by atoms with van der Waals surface area (Å²) in [5.41, 5.74) is 0.785. The first-order chi connectivity index (χ1) is 10.0. The van der Waals surface area contributed by atoms with Crippen molar-refractivity contribution in [1.82, 2.24) is 5.32 Å². The predicted molar refractivity (Wildman–Crippen MR) is 88.6 cm³/mol. The van der Waals surface area contributed by atoms with Crippen molar-refractivity contribution in [3.8, 4) is 0 Å². The molecule has 4 heteroatoms. The number of halogens is 3. The van der Waals surface area contributed by atoms with Crippen molar-refractivity contribution in [3.63, 3.8) is 0 Å². The molecule has 2 unspecified atom stereocenters. The van der Waals surface area contributed by atoms with Gasteiger partial charge in [0.05, 0.1) is 5.02 Å². The van der Waals surface area contributed by atoms with Crippen LogP contribution in [0.4, 0.5) is 4.39 Å². The van der Waals surface area contributed by atoms with Gasteiger partial charge in [-0.05, 0) is 49.8 Å². The van der Waals surface area contributed by atoms with E-state index in [2.05, 4.69) is 12.2 Å². The minimum absolute atomic E-state index is 0.0242. The van der Waals surface area contributed by atoms with Crippen molar-refractivity contribution in [2.24, 2.45) is 5.92 Å². The van der Waals surface area contributed by atoms with E-state index in [0.717, 1.165) is 17.9 Å². The van der Waals surface area contributed by atoms with Crippen LogP contribution in [0, 0.1) is 11.7 Å². The molecule has 0 bridgehead atoms. The third-order valence-corrected chi connectivity index (χ3v) is 5.25. The van der Waals surface area contributed by atoms with Gasteiger partial charge in [0.2, 0.25) is 0 Å². The minimum atomic E-state index is -0.407. The topological polar surface area (TPSA) is 12.0 Å². The SMILES string of the molecule is CCC(NC(C)c1cc(F)c(Cl)cc1Cl)C1CCCCC1. The average Bonchev–Trinajstić information content (AvgIpc) is 2.49. The van der Waals surface area contributed by atoms with Crippen molar-refractivity contribution in [1.29, 1.82) is 0 Å². The molecule has 21 heavy (non-hydrogen) atoms. The van der Waals surface area contributed by atoms with E-state index in [1.807, 2.05) is 6.92 Å². The summed E-state index contributed by atoms with van der Waals surface area (Å²) >= 11 is 12.0. The molecule has 0 radical (unpaired) electrons. The maximum Gasteiger partial charge on any atom is 0.142 e. The normalized spacial score (nSPS) is 19.5. The largest absolute Gasteiger partial charge is 0.307 e. The molecule has 1 aromatic carbocycles. The molecule has 1 aliphatic carbocycles. The van der Waals surface area contributed by atoms with Crippen molar-refractivity contribution in [3.05, 3.63) is 33.6 Å². The van der Waals surface area contributed by atoms with Crippen LogP contribution in [0.5, 0.6) is 0 Å². The molecule has 1 aliphatic rings. The molecule has 0 amide bonds. The molecule has 0 aromatic heterocycles. The van der Waals surface area contributed by atoms with E-state index < -0.39 is 5.82 Å².